The summed E-state index contributed by atoms with van der Waals surface area (Å²) < 4.78 is 38.1. The molecule has 0 spiro atoms. The molecule has 0 aliphatic carbocycles. The Balaban J connectivity index is 2.30. The van der Waals surface area contributed by atoms with Gasteiger partial charge in [-0.2, -0.15) is 13.2 Å². The molecule has 2 rings (SSSR count). The van der Waals surface area contributed by atoms with Crippen molar-refractivity contribution in [3.05, 3.63) is 55.7 Å². The van der Waals surface area contributed by atoms with Crippen molar-refractivity contribution in [3.63, 3.8) is 0 Å². The molecule has 1 nitrogen and oxygen atoms in total. The van der Waals surface area contributed by atoms with Crippen molar-refractivity contribution in [3.8, 4) is 0 Å². The van der Waals surface area contributed by atoms with E-state index in [0.29, 0.717) is 4.88 Å². The highest BCUT2D eigenvalue weighted by atomic mass is 79.9. The lowest BCUT2D eigenvalue weighted by Crippen LogP contribution is -2.06. The number of aryl methyl sites for hydroxylation is 1. The Morgan fingerprint density at radius 2 is 1.79 bits per heavy atom. The molecule has 1 aromatic heterocycles. The van der Waals surface area contributed by atoms with Gasteiger partial charge in [-0.05, 0) is 46.6 Å². The van der Waals surface area contributed by atoms with Crippen molar-refractivity contribution in [1.82, 2.24) is 0 Å². The minimum Gasteiger partial charge on any atom is -0.288 e. The van der Waals surface area contributed by atoms with Crippen molar-refractivity contribution in [2.24, 2.45) is 0 Å². The molecule has 0 aliphatic rings. The van der Waals surface area contributed by atoms with Crippen LogP contribution < -0.4 is 0 Å². The van der Waals surface area contributed by atoms with Gasteiger partial charge in [0.1, 0.15) is 0 Å². The summed E-state index contributed by atoms with van der Waals surface area (Å²) >= 11 is 4.58. The summed E-state index contributed by atoms with van der Waals surface area (Å²) in [6, 6.07) is 5.96. The molecule has 0 saturated heterocycles. The number of halogens is 4. The molecule has 0 aliphatic heterocycles. The monoisotopic (exact) mass is 348 g/mol. The molecular formula is C13H8BrF3OS. The molecule has 0 saturated carbocycles. The topological polar surface area (TPSA) is 17.1 Å². The van der Waals surface area contributed by atoms with Crippen LogP contribution in [0.3, 0.4) is 0 Å². The van der Waals surface area contributed by atoms with Crippen LogP contribution in [0.25, 0.3) is 0 Å². The van der Waals surface area contributed by atoms with E-state index >= 15 is 0 Å². The molecule has 6 heteroatoms. The first-order valence-corrected chi connectivity index (χ1v) is 6.88. The number of carbonyl (C=O) groups is 1. The Hall–Kier alpha value is -1.14. The van der Waals surface area contributed by atoms with Crippen molar-refractivity contribution >= 4 is 33.0 Å². The van der Waals surface area contributed by atoms with Gasteiger partial charge < -0.3 is 0 Å². The number of alkyl halides is 3. The van der Waals surface area contributed by atoms with Crippen molar-refractivity contribution in [2.75, 3.05) is 0 Å². The molecule has 0 radical (unpaired) electrons. The van der Waals surface area contributed by atoms with Crippen molar-refractivity contribution in [2.45, 2.75) is 13.1 Å². The van der Waals surface area contributed by atoms with Crippen LogP contribution in [0.15, 0.2) is 34.1 Å². The smallest absolute Gasteiger partial charge is 0.288 e. The van der Waals surface area contributed by atoms with E-state index in [1.54, 1.807) is 6.07 Å². The van der Waals surface area contributed by atoms with Gasteiger partial charge in [-0.25, -0.2) is 0 Å². The molecule has 0 atom stereocenters. The highest BCUT2D eigenvalue weighted by Gasteiger charge is 2.30. The zero-order chi connectivity index (χ0) is 14.2. The van der Waals surface area contributed by atoms with Gasteiger partial charge in [0, 0.05) is 5.56 Å². The molecule has 100 valence electrons. The van der Waals surface area contributed by atoms with Gasteiger partial charge in [0.05, 0.1) is 14.2 Å². The normalized spacial score (nSPS) is 11.6. The number of hydrogen-bond donors (Lipinski definition) is 0. The second-order valence-electron chi connectivity index (χ2n) is 3.97. The number of carbonyl (C=O) groups excluding carboxylic acids is 1. The minimum atomic E-state index is -4.38. The third kappa shape index (κ3) is 3.06. The third-order valence-electron chi connectivity index (χ3n) is 2.56. The first kappa shape index (κ1) is 14.3. The Labute approximate surface area is 120 Å². The lowest BCUT2D eigenvalue weighted by Gasteiger charge is -2.06. The molecule has 0 fully saturated rings. The molecule has 1 aromatic carbocycles. The lowest BCUT2D eigenvalue weighted by molar-refractivity contribution is -0.137. The summed E-state index contributed by atoms with van der Waals surface area (Å²) in [7, 11) is 0. The Morgan fingerprint density at radius 1 is 1.21 bits per heavy atom. The van der Waals surface area contributed by atoms with Gasteiger partial charge in [-0.1, -0.05) is 12.1 Å². The number of hydrogen-bond acceptors (Lipinski definition) is 2. The fourth-order valence-electron chi connectivity index (χ4n) is 1.52. The molecule has 19 heavy (non-hydrogen) atoms. The summed E-state index contributed by atoms with van der Waals surface area (Å²) in [6.07, 6.45) is -4.38. The van der Waals surface area contributed by atoms with Gasteiger partial charge in [-0.3, -0.25) is 4.79 Å². The van der Waals surface area contributed by atoms with Crippen LogP contribution in [-0.2, 0) is 6.18 Å². The Bertz CT molecular complexity index is 594. The van der Waals surface area contributed by atoms with Crippen molar-refractivity contribution < 1.29 is 18.0 Å². The third-order valence-corrected chi connectivity index (χ3v) is 4.69. The number of thiophene rings is 1. The molecule has 1 heterocycles. The predicted molar refractivity (Wildman–Crippen MR) is 71.6 cm³/mol. The van der Waals surface area contributed by atoms with Gasteiger partial charge in [0.15, 0.2) is 0 Å². The zero-order valence-corrected chi connectivity index (χ0v) is 12.1. The van der Waals surface area contributed by atoms with Crippen LogP contribution in [0, 0.1) is 6.92 Å². The Kier molecular flexibility index (Phi) is 3.82. The molecule has 0 amide bonds. The van der Waals surface area contributed by atoms with E-state index in [1.165, 1.54) is 23.5 Å². The number of rotatable bonds is 2. The second-order valence-corrected chi connectivity index (χ2v) is 6.34. The SMILES string of the molecule is Cc1cc(C(=O)c2ccc(C(F)(F)F)cc2)sc1Br. The fraction of sp³-hybridized carbons (Fsp3) is 0.154. The first-order valence-electron chi connectivity index (χ1n) is 5.27. The fourth-order valence-corrected chi connectivity index (χ4v) is 3.02. The number of benzene rings is 1. The molecule has 0 unspecified atom stereocenters. The van der Waals surface area contributed by atoms with Gasteiger partial charge in [0.25, 0.3) is 0 Å². The van der Waals surface area contributed by atoms with Crippen LogP contribution in [0.1, 0.15) is 26.4 Å². The number of ketones is 1. The van der Waals surface area contributed by atoms with Crippen LogP contribution in [0.2, 0.25) is 0 Å². The van der Waals surface area contributed by atoms with Crippen LogP contribution >= 0.6 is 27.3 Å². The highest BCUT2D eigenvalue weighted by Crippen LogP contribution is 2.31. The minimum absolute atomic E-state index is 0.252. The van der Waals surface area contributed by atoms with E-state index in [0.717, 1.165) is 21.5 Å². The molecule has 0 bridgehead atoms. The lowest BCUT2D eigenvalue weighted by atomic mass is 10.1. The average Bonchev–Trinajstić information content (AvgIpc) is 2.68. The summed E-state index contributed by atoms with van der Waals surface area (Å²) in [5, 5.41) is 0. The van der Waals surface area contributed by atoms with E-state index in [1.807, 2.05) is 6.92 Å². The molecule has 2 aromatic rings. The zero-order valence-electron chi connectivity index (χ0n) is 9.72. The van der Waals surface area contributed by atoms with Gasteiger partial charge in [0.2, 0.25) is 5.78 Å². The van der Waals surface area contributed by atoms with E-state index in [2.05, 4.69) is 15.9 Å². The Morgan fingerprint density at radius 3 is 2.21 bits per heavy atom. The van der Waals surface area contributed by atoms with Crippen molar-refractivity contribution in [1.29, 1.82) is 0 Å². The summed E-state index contributed by atoms with van der Waals surface area (Å²) in [5.74, 6) is -0.271. The van der Waals surface area contributed by atoms with E-state index in [9.17, 15) is 18.0 Å². The summed E-state index contributed by atoms with van der Waals surface area (Å²) in [5.41, 5.74) is 0.426. The molecule has 0 N–H and O–H groups in total. The van der Waals surface area contributed by atoms with Crippen LogP contribution in [0.4, 0.5) is 13.2 Å². The first-order chi connectivity index (χ1) is 8.79. The quantitative estimate of drug-likeness (QED) is 0.692. The summed E-state index contributed by atoms with van der Waals surface area (Å²) in [4.78, 5) is 12.6. The van der Waals surface area contributed by atoms with Gasteiger partial charge >= 0.3 is 6.18 Å². The maximum Gasteiger partial charge on any atom is 0.416 e. The molecular weight excluding hydrogens is 341 g/mol. The summed E-state index contributed by atoms with van der Waals surface area (Å²) in [6.45, 7) is 1.85. The highest BCUT2D eigenvalue weighted by molar-refractivity contribution is 9.11. The standard InChI is InChI=1S/C13H8BrF3OS/c1-7-6-10(19-12(7)14)11(18)8-2-4-9(5-3-8)13(15,16)17/h2-6H,1H3. The van der Waals surface area contributed by atoms with E-state index in [4.69, 9.17) is 0 Å². The largest absolute Gasteiger partial charge is 0.416 e. The van der Waals surface area contributed by atoms with E-state index < -0.39 is 11.7 Å². The maximum atomic E-state index is 12.4. The second kappa shape index (κ2) is 5.09. The average molecular weight is 349 g/mol. The van der Waals surface area contributed by atoms with E-state index in [-0.39, 0.29) is 11.3 Å². The van der Waals surface area contributed by atoms with Crippen LogP contribution in [-0.4, -0.2) is 5.78 Å². The predicted octanol–water partition coefficient (Wildman–Crippen LogP) is 5.07. The van der Waals surface area contributed by atoms with Crippen LogP contribution in [0.5, 0.6) is 0 Å². The van der Waals surface area contributed by atoms with Gasteiger partial charge in [-0.15, -0.1) is 11.3 Å². The maximum absolute atomic E-state index is 12.4.